The maximum atomic E-state index is 5.69. The van der Waals surface area contributed by atoms with Gasteiger partial charge in [0.2, 0.25) is 11.8 Å². The van der Waals surface area contributed by atoms with Gasteiger partial charge in [0.25, 0.3) is 0 Å². The van der Waals surface area contributed by atoms with Gasteiger partial charge in [-0.2, -0.15) is 4.98 Å². The first kappa shape index (κ1) is 12.8. The van der Waals surface area contributed by atoms with E-state index in [0.29, 0.717) is 17.9 Å². The Bertz CT molecular complexity index is 427. The first-order valence-electron chi connectivity index (χ1n) is 6.28. The molecule has 98 valence electrons. The van der Waals surface area contributed by atoms with Crippen LogP contribution < -0.4 is 15.8 Å². The number of hydrogen-bond donors (Lipinski definition) is 2. The lowest BCUT2D eigenvalue weighted by Gasteiger charge is -2.07. The van der Waals surface area contributed by atoms with E-state index in [1.807, 2.05) is 19.1 Å². The lowest BCUT2D eigenvalue weighted by Crippen LogP contribution is -2.12. The van der Waals surface area contributed by atoms with Gasteiger partial charge < -0.3 is 15.8 Å². The van der Waals surface area contributed by atoms with Gasteiger partial charge in [0.05, 0.1) is 12.7 Å². The number of ether oxygens (including phenoxy) is 1. The molecule has 5 nitrogen and oxygen atoms in total. The first-order valence-corrected chi connectivity index (χ1v) is 6.28. The summed E-state index contributed by atoms with van der Waals surface area (Å²) in [5, 5.41) is 3.25. The van der Waals surface area contributed by atoms with Crippen LogP contribution in [0.3, 0.4) is 0 Å². The fourth-order valence-corrected chi connectivity index (χ4v) is 1.54. The Labute approximate surface area is 107 Å². The second-order valence-electron chi connectivity index (χ2n) is 4.69. The third-order valence-corrected chi connectivity index (χ3v) is 2.69. The molecule has 0 bridgehead atoms. The zero-order valence-electron chi connectivity index (χ0n) is 10.9. The molecule has 1 heterocycles. The van der Waals surface area contributed by atoms with Crippen molar-refractivity contribution in [1.82, 2.24) is 9.97 Å². The summed E-state index contributed by atoms with van der Waals surface area (Å²) >= 11 is 0. The quantitative estimate of drug-likeness (QED) is 0.803. The molecule has 1 aliphatic rings. The van der Waals surface area contributed by atoms with E-state index in [2.05, 4.69) is 15.3 Å². The Hall–Kier alpha value is -1.62. The Morgan fingerprint density at radius 3 is 3.00 bits per heavy atom. The van der Waals surface area contributed by atoms with Gasteiger partial charge in [-0.3, -0.25) is 0 Å². The minimum absolute atomic E-state index is 0.156. The van der Waals surface area contributed by atoms with Crippen LogP contribution in [0.2, 0.25) is 0 Å². The number of rotatable bonds is 6. The van der Waals surface area contributed by atoms with E-state index in [1.165, 1.54) is 12.8 Å². The number of anilines is 1. The molecule has 1 aliphatic carbocycles. The highest BCUT2D eigenvalue weighted by Crippen LogP contribution is 2.24. The lowest BCUT2D eigenvalue weighted by atomic mass is 10.2. The van der Waals surface area contributed by atoms with Gasteiger partial charge in [-0.15, -0.1) is 0 Å². The van der Waals surface area contributed by atoms with E-state index < -0.39 is 0 Å². The molecule has 0 aromatic carbocycles. The lowest BCUT2D eigenvalue weighted by molar-refractivity contribution is 0.396. The summed E-state index contributed by atoms with van der Waals surface area (Å²) < 4.78 is 5.27. The van der Waals surface area contributed by atoms with Crippen molar-refractivity contribution in [2.75, 3.05) is 12.4 Å². The van der Waals surface area contributed by atoms with Crippen LogP contribution in [-0.2, 0) is 0 Å². The number of aromatic nitrogens is 2. The van der Waals surface area contributed by atoms with Gasteiger partial charge in [0, 0.05) is 18.3 Å². The van der Waals surface area contributed by atoms with E-state index in [9.17, 15) is 0 Å². The molecule has 1 fully saturated rings. The van der Waals surface area contributed by atoms with E-state index >= 15 is 0 Å². The molecule has 0 saturated heterocycles. The number of nitrogens with zero attached hydrogens (tertiary/aromatic N) is 2. The summed E-state index contributed by atoms with van der Waals surface area (Å²) in [5.74, 6) is 1.23. The van der Waals surface area contributed by atoms with Crippen LogP contribution in [0.4, 0.5) is 5.95 Å². The van der Waals surface area contributed by atoms with Crippen LogP contribution in [0.15, 0.2) is 12.3 Å². The van der Waals surface area contributed by atoms with Crippen LogP contribution in [0, 0.1) is 0 Å². The van der Waals surface area contributed by atoms with Crippen molar-refractivity contribution in [1.29, 1.82) is 0 Å². The number of hydrogen-bond acceptors (Lipinski definition) is 5. The predicted octanol–water partition coefficient (Wildman–Crippen LogP) is 1.81. The molecule has 0 unspecified atom stereocenters. The molecule has 0 amide bonds. The molecule has 1 aromatic heterocycles. The molecule has 5 heteroatoms. The average molecular weight is 248 g/mol. The van der Waals surface area contributed by atoms with Crippen molar-refractivity contribution in [2.45, 2.75) is 38.3 Å². The monoisotopic (exact) mass is 248 g/mol. The van der Waals surface area contributed by atoms with Crippen molar-refractivity contribution in [3.8, 4) is 5.88 Å². The maximum absolute atomic E-state index is 5.69. The van der Waals surface area contributed by atoms with Crippen molar-refractivity contribution in [2.24, 2.45) is 5.73 Å². The minimum atomic E-state index is 0.156. The molecular weight excluding hydrogens is 228 g/mol. The SMILES string of the molecule is COc1nc(NC2CC2)ncc1/C=C/C[C@H](C)N. The number of nitrogens with one attached hydrogen (secondary N) is 1. The van der Waals surface area contributed by atoms with E-state index in [-0.39, 0.29) is 6.04 Å². The van der Waals surface area contributed by atoms with Gasteiger partial charge >= 0.3 is 0 Å². The zero-order valence-corrected chi connectivity index (χ0v) is 10.9. The van der Waals surface area contributed by atoms with Crippen LogP contribution >= 0.6 is 0 Å². The van der Waals surface area contributed by atoms with Gasteiger partial charge in [-0.25, -0.2) is 4.98 Å². The van der Waals surface area contributed by atoms with E-state index in [4.69, 9.17) is 10.5 Å². The van der Waals surface area contributed by atoms with Gasteiger partial charge in [-0.05, 0) is 26.2 Å². The Balaban J connectivity index is 2.06. The highest BCUT2D eigenvalue weighted by atomic mass is 16.5. The standard InChI is InChI=1S/C13H20N4O/c1-9(14)4-3-5-10-8-15-13(16-11-6-7-11)17-12(10)18-2/h3,5,8-9,11H,4,6-7,14H2,1-2H3,(H,15,16,17)/b5-3+/t9-/m0/s1. The Morgan fingerprint density at radius 1 is 1.61 bits per heavy atom. The fourth-order valence-electron chi connectivity index (χ4n) is 1.54. The summed E-state index contributed by atoms with van der Waals surface area (Å²) in [6, 6.07) is 0.693. The largest absolute Gasteiger partial charge is 0.480 e. The second-order valence-corrected chi connectivity index (χ2v) is 4.69. The summed E-state index contributed by atoms with van der Waals surface area (Å²) in [7, 11) is 1.62. The third-order valence-electron chi connectivity index (χ3n) is 2.69. The predicted molar refractivity (Wildman–Crippen MR) is 72.5 cm³/mol. The van der Waals surface area contributed by atoms with Crippen molar-refractivity contribution in [3.63, 3.8) is 0 Å². The van der Waals surface area contributed by atoms with Crippen LogP contribution in [-0.4, -0.2) is 29.2 Å². The summed E-state index contributed by atoms with van der Waals surface area (Å²) in [6.45, 7) is 1.97. The number of methoxy groups -OCH3 is 1. The van der Waals surface area contributed by atoms with Gasteiger partial charge in [0.1, 0.15) is 0 Å². The van der Waals surface area contributed by atoms with Crippen molar-refractivity contribution in [3.05, 3.63) is 17.8 Å². The molecule has 1 aromatic rings. The molecule has 18 heavy (non-hydrogen) atoms. The first-order chi connectivity index (χ1) is 8.69. The molecule has 2 rings (SSSR count). The summed E-state index contributed by atoms with van der Waals surface area (Å²) in [5.41, 5.74) is 6.56. The zero-order chi connectivity index (χ0) is 13.0. The molecule has 0 radical (unpaired) electrons. The summed E-state index contributed by atoms with van der Waals surface area (Å²) in [4.78, 5) is 8.62. The molecular formula is C13H20N4O. The highest BCUT2D eigenvalue weighted by Gasteiger charge is 2.22. The fraction of sp³-hybridized carbons (Fsp3) is 0.538. The third kappa shape index (κ3) is 3.70. The maximum Gasteiger partial charge on any atom is 0.226 e. The molecule has 1 saturated carbocycles. The van der Waals surface area contributed by atoms with Crippen molar-refractivity contribution < 1.29 is 4.74 Å². The van der Waals surface area contributed by atoms with E-state index in [1.54, 1.807) is 13.3 Å². The average Bonchev–Trinajstić information content (AvgIpc) is 3.14. The minimum Gasteiger partial charge on any atom is -0.480 e. The Morgan fingerprint density at radius 2 is 2.39 bits per heavy atom. The van der Waals surface area contributed by atoms with Crippen molar-refractivity contribution >= 4 is 12.0 Å². The van der Waals surface area contributed by atoms with Gasteiger partial charge in [0.15, 0.2) is 0 Å². The molecule has 1 atom stereocenters. The van der Waals surface area contributed by atoms with Crippen LogP contribution in [0.1, 0.15) is 31.7 Å². The normalized spacial score (nSPS) is 16.8. The number of nitrogens with two attached hydrogens (primary N) is 1. The Kier molecular flexibility index (Phi) is 4.15. The topological polar surface area (TPSA) is 73.1 Å². The van der Waals surface area contributed by atoms with Crippen LogP contribution in [0.25, 0.3) is 6.08 Å². The van der Waals surface area contributed by atoms with E-state index in [0.717, 1.165) is 12.0 Å². The highest BCUT2D eigenvalue weighted by molar-refractivity contribution is 5.55. The summed E-state index contributed by atoms with van der Waals surface area (Å²) in [6.07, 6.45) is 8.95. The van der Waals surface area contributed by atoms with Crippen LogP contribution in [0.5, 0.6) is 5.88 Å². The molecule has 0 spiro atoms. The van der Waals surface area contributed by atoms with Gasteiger partial charge in [-0.1, -0.05) is 12.2 Å². The molecule has 3 N–H and O–H groups in total. The molecule has 0 aliphatic heterocycles. The smallest absolute Gasteiger partial charge is 0.226 e. The second kappa shape index (κ2) is 5.82.